The van der Waals surface area contributed by atoms with Gasteiger partial charge in [0.2, 0.25) is 5.89 Å². The van der Waals surface area contributed by atoms with Gasteiger partial charge in [0.25, 0.3) is 5.22 Å². The van der Waals surface area contributed by atoms with Crippen LogP contribution in [0.1, 0.15) is 5.56 Å². The summed E-state index contributed by atoms with van der Waals surface area (Å²) in [5, 5.41) is 17.7. The third kappa shape index (κ3) is 5.89. The van der Waals surface area contributed by atoms with Crippen LogP contribution in [0.3, 0.4) is 0 Å². The molecule has 0 radical (unpaired) electrons. The van der Waals surface area contributed by atoms with Crippen LogP contribution in [0.4, 0.5) is 0 Å². The third-order valence-electron chi connectivity index (χ3n) is 3.94. The zero-order valence-electron chi connectivity index (χ0n) is 16.9. The maximum absolute atomic E-state index is 11.8. The van der Waals surface area contributed by atoms with Crippen molar-refractivity contribution in [1.29, 1.82) is 0 Å². The van der Waals surface area contributed by atoms with E-state index in [-0.39, 0.29) is 16.0 Å². The number of benzene rings is 2. The molecule has 0 aliphatic rings. The second kappa shape index (κ2) is 10.4. The van der Waals surface area contributed by atoms with Crippen LogP contribution in [0.25, 0.3) is 17.5 Å². The highest BCUT2D eigenvalue weighted by molar-refractivity contribution is 8.03. The number of carbonyl (C=O) groups is 1. The predicted octanol–water partition coefficient (Wildman–Crippen LogP) is 4.54. The molecule has 0 unspecified atom stereocenters. The summed E-state index contributed by atoms with van der Waals surface area (Å²) in [7, 11) is 3.07. The van der Waals surface area contributed by atoms with Crippen molar-refractivity contribution in [2.75, 3.05) is 20.8 Å². The highest BCUT2D eigenvalue weighted by atomic mass is 32.2. The van der Waals surface area contributed by atoms with E-state index >= 15 is 0 Å². The molecule has 0 aliphatic heterocycles. The van der Waals surface area contributed by atoms with Gasteiger partial charge in [-0.3, -0.25) is 0 Å². The van der Waals surface area contributed by atoms with Crippen molar-refractivity contribution < 1.29 is 28.5 Å². The highest BCUT2D eigenvalue weighted by Crippen LogP contribution is 2.33. The number of aromatic nitrogens is 2. The first-order valence-electron chi connectivity index (χ1n) is 9.06. The van der Waals surface area contributed by atoms with Gasteiger partial charge in [0, 0.05) is 11.6 Å². The number of nitrogens with zero attached hydrogens (tertiary/aromatic N) is 2. The highest BCUT2D eigenvalue weighted by Gasteiger charge is 2.17. The van der Waals surface area contributed by atoms with Gasteiger partial charge in [-0.2, -0.15) is 0 Å². The van der Waals surface area contributed by atoms with E-state index in [1.54, 1.807) is 48.5 Å². The number of aliphatic carboxylic acids is 1. The van der Waals surface area contributed by atoms with Crippen molar-refractivity contribution in [3.8, 4) is 28.7 Å². The minimum Gasteiger partial charge on any atom is -0.497 e. The third-order valence-corrected chi connectivity index (χ3v) is 4.79. The van der Waals surface area contributed by atoms with Gasteiger partial charge in [0.05, 0.1) is 14.2 Å². The molecular formula is C22H20N2O6S. The summed E-state index contributed by atoms with van der Waals surface area (Å²) in [5.74, 6) is 0.822. The summed E-state index contributed by atoms with van der Waals surface area (Å²) in [6.45, 7) is 3.96. The topological polar surface area (TPSA) is 104 Å². The van der Waals surface area contributed by atoms with E-state index in [4.69, 9.17) is 18.6 Å². The molecule has 0 atom stereocenters. The van der Waals surface area contributed by atoms with Crippen LogP contribution in [0.15, 0.2) is 69.7 Å². The van der Waals surface area contributed by atoms with E-state index in [1.807, 2.05) is 0 Å². The fourth-order valence-electron chi connectivity index (χ4n) is 2.53. The molecule has 0 aliphatic carbocycles. The van der Waals surface area contributed by atoms with E-state index in [1.165, 1.54) is 20.3 Å². The molecular weight excluding hydrogens is 420 g/mol. The average molecular weight is 440 g/mol. The Kier molecular flexibility index (Phi) is 7.34. The number of thioether (sulfide) groups is 1. The molecule has 0 spiro atoms. The first kappa shape index (κ1) is 22.0. The minimum absolute atomic E-state index is 0.0132. The van der Waals surface area contributed by atoms with Gasteiger partial charge >= 0.3 is 5.97 Å². The van der Waals surface area contributed by atoms with E-state index < -0.39 is 5.97 Å². The normalized spacial score (nSPS) is 11.1. The van der Waals surface area contributed by atoms with Crippen molar-refractivity contribution in [2.24, 2.45) is 0 Å². The molecule has 9 heteroatoms. The van der Waals surface area contributed by atoms with Crippen LogP contribution in [0.2, 0.25) is 0 Å². The van der Waals surface area contributed by atoms with Gasteiger partial charge in [0.15, 0.2) is 0 Å². The van der Waals surface area contributed by atoms with Gasteiger partial charge in [0.1, 0.15) is 28.8 Å². The Morgan fingerprint density at radius 2 is 1.87 bits per heavy atom. The number of rotatable bonds is 10. The Balaban J connectivity index is 1.84. The maximum atomic E-state index is 11.8. The van der Waals surface area contributed by atoms with Crippen molar-refractivity contribution in [3.05, 3.63) is 65.6 Å². The van der Waals surface area contributed by atoms with Crippen LogP contribution in [0.5, 0.6) is 17.2 Å². The lowest BCUT2D eigenvalue weighted by atomic mass is 10.2. The number of carboxylic acid groups (broad SMARTS) is 1. The number of hydrogen-bond acceptors (Lipinski definition) is 8. The summed E-state index contributed by atoms with van der Waals surface area (Å²) in [4.78, 5) is 11.8. The molecule has 1 heterocycles. The smallest absolute Gasteiger partial charge is 0.342 e. The average Bonchev–Trinajstić information content (AvgIpc) is 3.25. The van der Waals surface area contributed by atoms with Crippen LogP contribution in [-0.2, 0) is 4.79 Å². The van der Waals surface area contributed by atoms with Gasteiger partial charge in [-0.1, -0.05) is 24.8 Å². The fourth-order valence-corrected chi connectivity index (χ4v) is 3.20. The number of carboxylic acids is 1. The fraction of sp³-hybridized carbons (Fsp3) is 0.136. The van der Waals surface area contributed by atoms with E-state index in [9.17, 15) is 9.90 Å². The minimum atomic E-state index is -1.12. The molecule has 1 N–H and O–H groups in total. The number of ether oxygens (including phenoxy) is 3. The molecule has 0 fully saturated rings. The standard InChI is InChI=1S/C22H20N2O6S/c1-4-8-29-16-7-5-6-14(9-16)10-19(21(25)26)31-22-24-23-20(30-22)15-11-17(27-2)13-18(12-15)28-3/h4-7,9-13H,1,8H2,2-3H3,(H,25,26)/b19-10-. The molecule has 0 saturated carbocycles. The maximum Gasteiger partial charge on any atom is 0.342 e. The molecule has 160 valence electrons. The van der Waals surface area contributed by atoms with Crippen molar-refractivity contribution >= 4 is 23.8 Å². The largest absolute Gasteiger partial charge is 0.497 e. The van der Waals surface area contributed by atoms with Crippen molar-refractivity contribution in [1.82, 2.24) is 10.2 Å². The quantitative estimate of drug-likeness (QED) is 0.276. The lowest BCUT2D eigenvalue weighted by Crippen LogP contribution is -1.97. The second-order valence-electron chi connectivity index (χ2n) is 6.06. The van der Waals surface area contributed by atoms with Crippen LogP contribution < -0.4 is 14.2 Å². The first-order chi connectivity index (χ1) is 15.0. The summed E-state index contributed by atoms with van der Waals surface area (Å²) in [5.41, 5.74) is 1.24. The Bertz CT molecular complexity index is 1090. The Morgan fingerprint density at radius 1 is 1.13 bits per heavy atom. The monoisotopic (exact) mass is 440 g/mol. The summed E-state index contributed by atoms with van der Waals surface area (Å²) >= 11 is 0.853. The molecule has 1 aromatic heterocycles. The van der Waals surface area contributed by atoms with Gasteiger partial charge in [-0.25, -0.2) is 4.79 Å². The SMILES string of the molecule is C=CCOc1cccc(/C=C(\Sc2nnc(-c3cc(OC)cc(OC)c3)o2)C(=O)O)c1. The predicted molar refractivity (Wildman–Crippen MR) is 116 cm³/mol. The molecule has 0 bridgehead atoms. The first-order valence-corrected chi connectivity index (χ1v) is 9.87. The Labute approximate surface area is 183 Å². The lowest BCUT2D eigenvalue weighted by molar-refractivity contribution is -0.131. The Hall–Kier alpha value is -3.72. The molecule has 0 saturated heterocycles. The van der Waals surface area contributed by atoms with Gasteiger partial charge in [-0.15, -0.1) is 10.2 Å². The lowest BCUT2D eigenvalue weighted by Gasteiger charge is -2.05. The summed E-state index contributed by atoms with van der Waals surface area (Å²) in [6, 6.07) is 12.2. The second-order valence-corrected chi connectivity index (χ2v) is 7.06. The summed E-state index contributed by atoms with van der Waals surface area (Å²) < 4.78 is 21.6. The summed E-state index contributed by atoms with van der Waals surface area (Å²) in [6.07, 6.45) is 3.14. The molecule has 8 nitrogen and oxygen atoms in total. The number of hydrogen-bond donors (Lipinski definition) is 1. The molecule has 31 heavy (non-hydrogen) atoms. The molecule has 2 aromatic carbocycles. The van der Waals surface area contributed by atoms with Crippen LogP contribution in [-0.4, -0.2) is 42.1 Å². The van der Waals surface area contributed by atoms with E-state index in [2.05, 4.69) is 16.8 Å². The van der Waals surface area contributed by atoms with Crippen LogP contribution >= 0.6 is 11.8 Å². The van der Waals surface area contributed by atoms with Crippen LogP contribution in [0, 0.1) is 0 Å². The number of methoxy groups -OCH3 is 2. The van der Waals surface area contributed by atoms with E-state index in [0.29, 0.717) is 35.0 Å². The zero-order valence-corrected chi connectivity index (χ0v) is 17.7. The van der Waals surface area contributed by atoms with Crippen molar-refractivity contribution in [3.63, 3.8) is 0 Å². The Morgan fingerprint density at radius 3 is 2.52 bits per heavy atom. The molecule has 0 amide bonds. The zero-order chi connectivity index (χ0) is 22.2. The molecule has 3 aromatic rings. The van der Waals surface area contributed by atoms with Gasteiger partial charge < -0.3 is 23.7 Å². The van der Waals surface area contributed by atoms with E-state index in [0.717, 1.165) is 11.8 Å². The van der Waals surface area contributed by atoms with Gasteiger partial charge in [-0.05, 0) is 47.7 Å². The van der Waals surface area contributed by atoms with Crippen molar-refractivity contribution in [2.45, 2.75) is 5.22 Å². The molecule has 3 rings (SSSR count).